The first-order valence-corrected chi connectivity index (χ1v) is 5.79. The van der Waals surface area contributed by atoms with Crippen LogP contribution in [-0.4, -0.2) is 29.3 Å². The summed E-state index contributed by atoms with van der Waals surface area (Å²) in [6.07, 6.45) is -0.435. The van der Waals surface area contributed by atoms with Crippen molar-refractivity contribution in [3.63, 3.8) is 0 Å². The minimum atomic E-state index is -0.865. The van der Waals surface area contributed by atoms with E-state index >= 15 is 0 Å². The van der Waals surface area contributed by atoms with Gasteiger partial charge in [0.05, 0.1) is 12.2 Å². The first kappa shape index (κ1) is 12.1. The molecule has 0 bridgehead atoms. The number of carboxylic acid groups (broad SMARTS) is 1. The summed E-state index contributed by atoms with van der Waals surface area (Å²) in [4.78, 5) is 11.0. The van der Waals surface area contributed by atoms with Crippen molar-refractivity contribution in [1.82, 2.24) is 5.32 Å². The van der Waals surface area contributed by atoms with Gasteiger partial charge in [0.2, 0.25) is 0 Å². The summed E-state index contributed by atoms with van der Waals surface area (Å²) in [5.41, 5.74) is 1.07. The third-order valence-electron chi connectivity index (χ3n) is 3.12. The van der Waals surface area contributed by atoms with E-state index in [1.807, 2.05) is 37.3 Å². The maximum absolute atomic E-state index is 11.0. The van der Waals surface area contributed by atoms with Crippen molar-refractivity contribution < 1.29 is 14.6 Å². The highest BCUT2D eigenvalue weighted by molar-refractivity contribution is 5.74. The van der Waals surface area contributed by atoms with Crippen LogP contribution in [0.2, 0.25) is 0 Å². The topological polar surface area (TPSA) is 58.6 Å². The molecule has 2 N–H and O–H groups in total. The van der Waals surface area contributed by atoms with Gasteiger partial charge in [-0.05, 0) is 19.4 Å². The zero-order chi connectivity index (χ0) is 12.4. The average molecular weight is 235 g/mol. The lowest BCUT2D eigenvalue weighted by molar-refractivity contribution is -0.152. The molecule has 2 rings (SSSR count). The van der Waals surface area contributed by atoms with E-state index in [9.17, 15) is 4.79 Å². The lowest BCUT2D eigenvalue weighted by atomic mass is 9.98. The Kier molecular flexibility index (Phi) is 3.45. The lowest BCUT2D eigenvalue weighted by Crippen LogP contribution is -2.56. The second-order valence-electron chi connectivity index (χ2n) is 4.44. The summed E-state index contributed by atoms with van der Waals surface area (Å²) >= 11 is 0. The van der Waals surface area contributed by atoms with E-state index in [0.29, 0.717) is 0 Å². The van der Waals surface area contributed by atoms with Crippen molar-refractivity contribution in [2.45, 2.75) is 38.1 Å². The molecule has 1 aromatic carbocycles. The van der Waals surface area contributed by atoms with E-state index in [4.69, 9.17) is 9.84 Å². The molecule has 1 aliphatic rings. The van der Waals surface area contributed by atoms with Gasteiger partial charge in [-0.2, -0.15) is 0 Å². The van der Waals surface area contributed by atoms with E-state index in [0.717, 1.165) is 5.56 Å². The van der Waals surface area contributed by atoms with Gasteiger partial charge in [0, 0.05) is 6.04 Å². The number of hydrogen-bond donors (Lipinski definition) is 2. The predicted molar refractivity (Wildman–Crippen MR) is 63.8 cm³/mol. The lowest BCUT2D eigenvalue weighted by Gasteiger charge is -2.38. The van der Waals surface area contributed by atoms with Crippen LogP contribution in [0.5, 0.6) is 0 Å². The molecule has 4 atom stereocenters. The van der Waals surface area contributed by atoms with Crippen LogP contribution in [-0.2, 0) is 9.53 Å². The number of morpholine rings is 1. The maximum atomic E-state index is 11.0. The van der Waals surface area contributed by atoms with Crippen molar-refractivity contribution in [3.8, 4) is 0 Å². The Morgan fingerprint density at radius 2 is 1.94 bits per heavy atom. The molecule has 0 saturated carbocycles. The molecule has 1 aliphatic heterocycles. The van der Waals surface area contributed by atoms with Crippen molar-refractivity contribution >= 4 is 5.97 Å². The van der Waals surface area contributed by atoms with E-state index in [1.54, 1.807) is 6.92 Å². The van der Waals surface area contributed by atoms with Crippen LogP contribution in [0.1, 0.15) is 25.5 Å². The minimum absolute atomic E-state index is 0.0188. The molecule has 0 radical (unpaired) electrons. The zero-order valence-corrected chi connectivity index (χ0v) is 9.96. The van der Waals surface area contributed by atoms with Gasteiger partial charge in [-0.3, -0.25) is 10.1 Å². The van der Waals surface area contributed by atoms with E-state index < -0.39 is 12.0 Å². The molecule has 4 unspecified atom stereocenters. The highest BCUT2D eigenvalue weighted by Gasteiger charge is 2.37. The molecule has 92 valence electrons. The highest BCUT2D eigenvalue weighted by atomic mass is 16.5. The molecule has 0 spiro atoms. The quantitative estimate of drug-likeness (QED) is 0.817. The Bertz CT molecular complexity index is 393. The Hall–Kier alpha value is -1.39. The van der Waals surface area contributed by atoms with Crippen LogP contribution in [0.4, 0.5) is 0 Å². The molecule has 1 heterocycles. The summed E-state index contributed by atoms with van der Waals surface area (Å²) in [6.45, 7) is 3.73. The zero-order valence-electron chi connectivity index (χ0n) is 9.96. The van der Waals surface area contributed by atoms with Crippen LogP contribution in [0.3, 0.4) is 0 Å². The third kappa shape index (κ3) is 2.48. The second kappa shape index (κ2) is 4.85. The number of carboxylic acids is 1. The standard InChI is InChI=1S/C13H17NO3/c1-8-12(10-6-4-3-5-7-10)17-9(2)11(14-8)13(15)16/h3-9,11-12,14H,1-2H3,(H,15,16). The number of carbonyl (C=O) groups is 1. The number of nitrogens with one attached hydrogen (secondary N) is 1. The number of ether oxygens (including phenoxy) is 1. The van der Waals surface area contributed by atoms with Crippen LogP contribution < -0.4 is 5.32 Å². The van der Waals surface area contributed by atoms with Gasteiger partial charge in [0.15, 0.2) is 0 Å². The third-order valence-corrected chi connectivity index (χ3v) is 3.12. The molecule has 1 aromatic rings. The van der Waals surface area contributed by atoms with E-state index in [1.165, 1.54) is 0 Å². The summed E-state index contributed by atoms with van der Waals surface area (Å²) in [5, 5.41) is 12.1. The smallest absolute Gasteiger partial charge is 0.323 e. The highest BCUT2D eigenvalue weighted by Crippen LogP contribution is 2.28. The summed E-state index contributed by atoms with van der Waals surface area (Å²) in [6, 6.07) is 9.21. The molecule has 4 nitrogen and oxygen atoms in total. The Balaban J connectivity index is 2.15. The summed E-state index contributed by atoms with van der Waals surface area (Å²) in [7, 11) is 0. The van der Waals surface area contributed by atoms with E-state index in [2.05, 4.69) is 5.32 Å². The molecule has 0 amide bonds. The fourth-order valence-electron chi connectivity index (χ4n) is 2.22. The van der Waals surface area contributed by atoms with Crippen molar-refractivity contribution in [2.24, 2.45) is 0 Å². The first-order valence-electron chi connectivity index (χ1n) is 5.79. The van der Waals surface area contributed by atoms with Crippen LogP contribution in [0.25, 0.3) is 0 Å². The fraction of sp³-hybridized carbons (Fsp3) is 0.462. The SMILES string of the molecule is CC1NC(C(=O)O)C(C)OC1c1ccccc1. The molecule has 0 aromatic heterocycles. The number of benzene rings is 1. The van der Waals surface area contributed by atoms with Crippen LogP contribution in [0, 0.1) is 0 Å². The fourth-order valence-corrected chi connectivity index (χ4v) is 2.22. The predicted octanol–water partition coefficient (Wildman–Crippen LogP) is 1.58. The molecule has 4 heteroatoms. The van der Waals surface area contributed by atoms with Gasteiger partial charge in [-0.15, -0.1) is 0 Å². The average Bonchev–Trinajstić information content (AvgIpc) is 2.32. The van der Waals surface area contributed by atoms with Gasteiger partial charge in [-0.25, -0.2) is 0 Å². The molecular weight excluding hydrogens is 218 g/mol. The number of rotatable bonds is 2. The van der Waals surface area contributed by atoms with Crippen LogP contribution in [0.15, 0.2) is 30.3 Å². The van der Waals surface area contributed by atoms with Gasteiger partial charge >= 0.3 is 5.97 Å². The van der Waals surface area contributed by atoms with Gasteiger partial charge in [-0.1, -0.05) is 30.3 Å². The van der Waals surface area contributed by atoms with Gasteiger partial charge in [0.25, 0.3) is 0 Å². The largest absolute Gasteiger partial charge is 0.480 e. The Morgan fingerprint density at radius 3 is 2.53 bits per heavy atom. The van der Waals surface area contributed by atoms with Crippen molar-refractivity contribution in [2.75, 3.05) is 0 Å². The summed E-state index contributed by atoms with van der Waals surface area (Å²) in [5.74, 6) is -0.865. The Labute approximate surface area is 101 Å². The van der Waals surface area contributed by atoms with E-state index in [-0.39, 0.29) is 18.2 Å². The van der Waals surface area contributed by atoms with Gasteiger partial charge < -0.3 is 9.84 Å². The number of hydrogen-bond acceptors (Lipinski definition) is 3. The Morgan fingerprint density at radius 1 is 1.29 bits per heavy atom. The molecule has 17 heavy (non-hydrogen) atoms. The monoisotopic (exact) mass is 235 g/mol. The van der Waals surface area contributed by atoms with Gasteiger partial charge in [0.1, 0.15) is 6.04 Å². The summed E-state index contributed by atoms with van der Waals surface area (Å²) < 4.78 is 5.82. The van der Waals surface area contributed by atoms with Crippen molar-refractivity contribution in [1.29, 1.82) is 0 Å². The molecule has 0 aliphatic carbocycles. The van der Waals surface area contributed by atoms with Crippen LogP contribution >= 0.6 is 0 Å². The first-order chi connectivity index (χ1) is 8.09. The number of aliphatic carboxylic acids is 1. The second-order valence-corrected chi connectivity index (χ2v) is 4.44. The maximum Gasteiger partial charge on any atom is 0.323 e. The minimum Gasteiger partial charge on any atom is -0.480 e. The normalized spacial score (nSPS) is 33.3. The molecule has 1 fully saturated rings. The van der Waals surface area contributed by atoms with Crippen molar-refractivity contribution in [3.05, 3.63) is 35.9 Å². The molecular formula is C13H17NO3. The molecule has 1 saturated heterocycles.